The lowest BCUT2D eigenvalue weighted by molar-refractivity contribution is -0.123. The molecular weight excluding hydrogens is 422 g/mol. The summed E-state index contributed by atoms with van der Waals surface area (Å²) in [6.45, 7) is 0.466. The number of ether oxygens (including phenoxy) is 1. The van der Waals surface area contributed by atoms with Gasteiger partial charge in [-0.3, -0.25) is 4.79 Å². The number of nitrogens with zero attached hydrogens (tertiary/aromatic N) is 1. The summed E-state index contributed by atoms with van der Waals surface area (Å²) < 4.78 is 7.06. The van der Waals surface area contributed by atoms with Crippen LogP contribution in [-0.2, 0) is 11.4 Å². The van der Waals surface area contributed by atoms with E-state index in [9.17, 15) is 4.79 Å². The van der Waals surface area contributed by atoms with Crippen LogP contribution in [0, 0.1) is 0 Å². The Bertz CT molecular complexity index is 949. The largest absolute Gasteiger partial charge is 0.489 e. The summed E-state index contributed by atoms with van der Waals surface area (Å²) in [5, 5.41) is -0.384. The Balaban J connectivity index is 1.65. The number of halogens is 1. The quantitative estimate of drug-likeness (QED) is 0.425. The summed E-state index contributed by atoms with van der Waals surface area (Å²) in [7, 11) is 0. The standard InChI is InChI=1S/C22H18BrNO2S/c23-16-11-12-18(19(13-16)26-14-15-7-3-1-4-8-15)20-21(27)22(25)24(20)17-9-5-2-6-10-17/h1-13,20-21,27H,14H2/t20-,21+/m1/s1. The maximum atomic E-state index is 12.5. The van der Waals surface area contributed by atoms with E-state index in [2.05, 4.69) is 28.6 Å². The van der Waals surface area contributed by atoms with E-state index in [0.29, 0.717) is 6.61 Å². The predicted molar refractivity (Wildman–Crippen MR) is 114 cm³/mol. The van der Waals surface area contributed by atoms with Crippen molar-refractivity contribution in [1.82, 2.24) is 0 Å². The Morgan fingerprint density at radius 3 is 2.33 bits per heavy atom. The lowest BCUT2D eigenvalue weighted by Crippen LogP contribution is -2.56. The van der Waals surface area contributed by atoms with E-state index in [0.717, 1.165) is 27.0 Å². The van der Waals surface area contributed by atoms with Crippen molar-refractivity contribution in [1.29, 1.82) is 0 Å². The minimum Gasteiger partial charge on any atom is -0.489 e. The molecule has 0 aliphatic carbocycles. The Morgan fingerprint density at radius 1 is 0.963 bits per heavy atom. The summed E-state index contributed by atoms with van der Waals surface area (Å²) in [6.07, 6.45) is 0. The summed E-state index contributed by atoms with van der Waals surface area (Å²) in [5.74, 6) is 0.761. The first-order valence-corrected chi connectivity index (χ1v) is 9.98. The zero-order chi connectivity index (χ0) is 18.8. The number of thiol groups is 1. The number of carbonyl (C=O) groups excluding carboxylic acids is 1. The van der Waals surface area contributed by atoms with E-state index in [1.54, 1.807) is 4.90 Å². The molecule has 4 rings (SSSR count). The number of hydrogen-bond donors (Lipinski definition) is 1. The predicted octanol–water partition coefficient (Wildman–Crippen LogP) is 5.41. The number of rotatable bonds is 5. The van der Waals surface area contributed by atoms with Crippen molar-refractivity contribution in [3.05, 3.63) is 94.5 Å². The van der Waals surface area contributed by atoms with E-state index in [1.807, 2.05) is 78.9 Å². The molecule has 1 amide bonds. The van der Waals surface area contributed by atoms with Gasteiger partial charge in [0.05, 0.1) is 6.04 Å². The van der Waals surface area contributed by atoms with Crippen LogP contribution in [0.2, 0.25) is 0 Å². The van der Waals surface area contributed by atoms with Gasteiger partial charge in [-0.2, -0.15) is 12.6 Å². The highest BCUT2D eigenvalue weighted by atomic mass is 79.9. The minimum absolute atomic E-state index is 0.00598. The van der Waals surface area contributed by atoms with Crippen LogP contribution in [0.25, 0.3) is 0 Å². The second kappa shape index (κ2) is 7.79. The number of amides is 1. The van der Waals surface area contributed by atoms with Crippen molar-refractivity contribution in [3.8, 4) is 5.75 Å². The molecule has 0 spiro atoms. The van der Waals surface area contributed by atoms with Gasteiger partial charge in [0.15, 0.2) is 0 Å². The van der Waals surface area contributed by atoms with Crippen molar-refractivity contribution < 1.29 is 9.53 Å². The minimum atomic E-state index is -0.384. The van der Waals surface area contributed by atoms with Gasteiger partial charge in [0.25, 0.3) is 0 Å². The van der Waals surface area contributed by atoms with Gasteiger partial charge in [-0.05, 0) is 29.8 Å². The highest BCUT2D eigenvalue weighted by Gasteiger charge is 2.48. The van der Waals surface area contributed by atoms with Crippen LogP contribution in [-0.4, -0.2) is 11.2 Å². The fraction of sp³-hybridized carbons (Fsp3) is 0.136. The molecule has 0 bridgehead atoms. The molecule has 0 radical (unpaired) electrons. The molecule has 5 heteroatoms. The molecule has 1 fully saturated rings. The van der Waals surface area contributed by atoms with Crippen molar-refractivity contribution in [3.63, 3.8) is 0 Å². The molecule has 0 unspecified atom stereocenters. The first-order chi connectivity index (χ1) is 13.1. The van der Waals surface area contributed by atoms with Gasteiger partial charge in [0, 0.05) is 15.7 Å². The van der Waals surface area contributed by atoms with Crippen LogP contribution in [0.5, 0.6) is 5.75 Å². The molecule has 1 saturated heterocycles. The number of β-lactam (4-membered cyclic amide) rings is 1. The van der Waals surface area contributed by atoms with Gasteiger partial charge in [-0.15, -0.1) is 0 Å². The van der Waals surface area contributed by atoms with E-state index in [4.69, 9.17) is 4.74 Å². The number of carbonyl (C=O) groups is 1. The van der Waals surface area contributed by atoms with Crippen LogP contribution < -0.4 is 9.64 Å². The van der Waals surface area contributed by atoms with Crippen LogP contribution >= 0.6 is 28.6 Å². The molecule has 3 nitrogen and oxygen atoms in total. The molecule has 27 heavy (non-hydrogen) atoms. The van der Waals surface area contributed by atoms with Crippen molar-refractivity contribution in [2.45, 2.75) is 17.9 Å². The third-order valence-electron chi connectivity index (χ3n) is 4.63. The molecule has 1 aliphatic heterocycles. The number of para-hydroxylation sites is 1. The molecule has 3 aromatic rings. The monoisotopic (exact) mass is 439 g/mol. The van der Waals surface area contributed by atoms with E-state index >= 15 is 0 Å². The second-order valence-electron chi connectivity index (χ2n) is 6.39. The van der Waals surface area contributed by atoms with Crippen LogP contribution in [0.3, 0.4) is 0 Å². The smallest absolute Gasteiger partial charge is 0.242 e. The molecule has 136 valence electrons. The Morgan fingerprint density at radius 2 is 1.63 bits per heavy atom. The van der Waals surface area contributed by atoms with Crippen LogP contribution in [0.4, 0.5) is 5.69 Å². The van der Waals surface area contributed by atoms with Gasteiger partial charge >= 0.3 is 0 Å². The van der Waals surface area contributed by atoms with Gasteiger partial charge in [0.1, 0.15) is 17.6 Å². The maximum Gasteiger partial charge on any atom is 0.242 e. The molecule has 0 aromatic heterocycles. The third kappa shape index (κ3) is 3.62. The summed E-state index contributed by atoms with van der Waals surface area (Å²) in [6, 6.07) is 25.5. The molecule has 2 atom stereocenters. The maximum absolute atomic E-state index is 12.5. The second-order valence-corrected chi connectivity index (χ2v) is 7.86. The van der Waals surface area contributed by atoms with Gasteiger partial charge in [0.2, 0.25) is 5.91 Å². The molecule has 0 saturated carbocycles. The molecular formula is C22H18BrNO2S. The number of hydrogen-bond acceptors (Lipinski definition) is 3. The average molecular weight is 440 g/mol. The van der Waals surface area contributed by atoms with E-state index < -0.39 is 0 Å². The molecule has 1 heterocycles. The molecule has 1 aliphatic rings. The van der Waals surface area contributed by atoms with Crippen molar-refractivity contribution >= 4 is 40.2 Å². The lowest BCUT2D eigenvalue weighted by Gasteiger charge is -2.45. The fourth-order valence-electron chi connectivity index (χ4n) is 3.27. The number of benzene rings is 3. The Labute approximate surface area is 172 Å². The summed E-state index contributed by atoms with van der Waals surface area (Å²) in [4.78, 5) is 14.3. The van der Waals surface area contributed by atoms with Gasteiger partial charge in [-0.1, -0.05) is 70.5 Å². The first kappa shape index (κ1) is 18.1. The summed E-state index contributed by atoms with van der Waals surface area (Å²) >= 11 is 8.07. The third-order valence-corrected chi connectivity index (χ3v) is 5.63. The topological polar surface area (TPSA) is 29.5 Å². The number of anilines is 1. The fourth-order valence-corrected chi connectivity index (χ4v) is 4.03. The van der Waals surface area contributed by atoms with Crippen LogP contribution in [0.1, 0.15) is 17.2 Å². The first-order valence-electron chi connectivity index (χ1n) is 8.67. The van der Waals surface area contributed by atoms with Gasteiger partial charge < -0.3 is 9.64 Å². The normalized spacial score (nSPS) is 18.9. The molecule has 0 N–H and O–H groups in total. The average Bonchev–Trinajstić information content (AvgIpc) is 2.71. The van der Waals surface area contributed by atoms with Crippen LogP contribution in [0.15, 0.2) is 83.3 Å². The molecule has 3 aromatic carbocycles. The van der Waals surface area contributed by atoms with E-state index in [1.165, 1.54) is 0 Å². The summed E-state index contributed by atoms with van der Waals surface area (Å²) in [5.41, 5.74) is 2.92. The zero-order valence-corrected chi connectivity index (χ0v) is 16.9. The van der Waals surface area contributed by atoms with Crippen molar-refractivity contribution in [2.24, 2.45) is 0 Å². The van der Waals surface area contributed by atoms with Gasteiger partial charge in [-0.25, -0.2) is 0 Å². The highest BCUT2D eigenvalue weighted by Crippen LogP contribution is 2.45. The van der Waals surface area contributed by atoms with Crippen molar-refractivity contribution in [2.75, 3.05) is 4.90 Å². The highest BCUT2D eigenvalue weighted by molar-refractivity contribution is 9.10. The Kier molecular flexibility index (Phi) is 5.23. The SMILES string of the molecule is O=C1[C@@H](S)[C@@H](c2ccc(Br)cc2OCc2ccccc2)N1c1ccccc1. The zero-order valence-electron chi connectivity index (χ0n) is 14.5. The van der Waals surface area contributed by atoms with E-state index in [-0.39, 0.29) is 17.2 Å². The lowest BCUT2D eigenvalue weighted by atomic mass is 9.91. The Hall–Kier alpha value is -2.24.